The minimum absolute atomic E-state index is 1.01. The Bertz CT molecular complexity index is 520. The molecule has 0 aliphatic heterocycles. The molecule has 0 saturated heterocycles. The van der Waals surface area contributed by atoms with Crippen molar-refractivity contribution < 1.29 is 0 Å². The fourth-order valence-corrected chi connectivity index (χ4v) is 1.90. The van der Waals surface area contributed by atoms with Crippen molar-refractivity contribution in [2.24, 2.45) is 0 Å². The highest BCUT2D eigenvalue weighted by atomic mass is 15.1. The Morgan fingerprint density at radius 2 is 1.84 bits per heavy atom. The third-order valence-electron chi connectivity index (χ3n) is 3.34. The van der Waals surface area contributed by atoms with Crippen molar-refractivity contribution in [2.75, 3.05) is 4.90 Å². The van der Waals surface area contributed by atoms with Crippen molar-refractivity contribution in [3.05, 3.63) is 65.5 Å². The number of aryl methyl sites for hydroxylation is 2. The maximum Gasteiger partial charge on any atom is 0.0481 e. The number of hydrogen-bond acceptors (Lipinski definition) is 1. The van der Waals surface area contributed by atoms with Crippen molar-refractivity contribution >= 4 is 5.69 Å². The molecule has 0 fully saturated rings. The fourth-order valence-electron chi connectivity index (χ4n) is 1.90. The van der Waals surface area contributed by atoms with Crippen molar-refractivity contribution in [1.29, 1.82) is 0 Å². The van der Waals surface area contributed by atoms with Crippen LogP contribution in [0.4, 0.5) is 5.69 Å². The molecule has 1 rings (SSSR count). The number of rotatable bonds is 5. The summed E-state index contributed by atoms with van der Waals surface area (Å²) in [5.74, 6) is 0. The van der Waals surface area contributed by atoms with Crippen LogP contribution in [0.15, 0.2) is 54.4 Å². The molecule has 0 spiro atoms. The lowest BCUT2D eigenvalue weighted by molar-refractivity contribution is 1.09. The van der Waals surface area contributed by atoms with Crippen LogP contribution in [0.1, 0.15) is 38.8 Å². The summed E-state index contributed by atoms with van der Waals surface area (Å²) >= 11 is 0. The van der Waals surface area contributed by atoms with Gasteiger partial charge >= 0.3 is 0 Å². The van der Waals surface area contributed by atoms with Crippen molar-refractivity contribution in [3.63, 3.8) is 0 Å². The minimum atomic E-state index is 1.01. The van der Waals surface area contributed by atoms with E-state index in [9.17, 15) is 0 Å². The lowest BCUT2D eigenvalue weighted by Gasteiger charge is -2.24. The van der Waals surface area contributed by atoms with Crippen LogP contribution in [-0.2, 0) is 6.42 Å². The first-order valence-electron chi connectivity index (χ1n) is 6.75. The van der Waals surface area contributed by atoms with Crippen molar-refractivity contribution in [3.8, 4) is 0 Å². The second-order valence-electron chi connectivity index (χ2n) is 5.17. The summed E-state index contributed by atoms with van der Waals surface area (Å²) in [6.45, 7) is 18.5. The summed E-state index contributed by atoms with van der Waals surface area (Å²) in [4.78, 5) is 2.14. The Balaban J connectivity index is 3.24. The maximum absolute atomic E-state index is 4.08. The Kier molecular flexibility index (Phi) is 5.17. The predicted octanol–water partition coefficient (Wildman–Crippen LogP) is 5.38. The maximum atomic E-state index is 4.08. The monoisotopic (exact) mass is 255 g/mol. The zero-order valence-corrected chi connectivity index (χ0v) is 12.9. The van der Waals surface area contributed by atoms with E-state index in [4.69, 9.17) is 0 Å². The van der Waals surface area contributed by atoms with Gasteiger partial charge in [0.25, 0.3) is 0 Å². The van der Waals surface area contributed by atoms with E-state index in [0.29, 0.717) is 0 Å². The molecule has 0 aromatic heterocycles. The molecule has 1 nitrogen and oxygen atoms in total. The second-order valence-corrected chi connectivity index (χ2v) is 5.17. The normalized spacial score (nSPS) is 11.3. The van der Waals surface area contributed by atoms with Crippen LogP contribution in [0.2, 0.25) is 0 Å². The second kappa shape index (κ2) is 6.42. The number of hydrogen-bond donors (Lipinski definition) is 0. The van der Waals surface area contributed by atoms with Gasteiger partial charge in [0.1, 0.15) is 0 Å². The molecule has 0 N–H and O–H groups in total. The molecule has 0 amide bonds. The molecule has 102 valence electrons. The molecular formula is C18H25N. The Hall–Kier alpha value is -1.76. The molecule has 1 aromatic carbocycles. The number of nitrogens with zero attached hydrogens (tertiary/aromatic N) is 1. The summed E-state index contributed by atoms with van der Waals surface area (Å²) in [5.41, 5.74) is 7.07. The molecule has 1 aromatic rings. The third kappa shape index (κ3) is 3.85. The quantitative estimate of drug-likeness (QED) is 0.639. The topological polar surface area (TPSA) is 3.24 Å². The van der Waals surface area contributed by atoms with Gasteiger partial charge in [-0.1, -0.05) is 37.8 Å². The average molecular weight is 255 g/mol. The number of allylic oxidation sites excluding steroid dienone is 3. The van der Waals surface area contributed by atoms with E-state index in [1.54, 1.807) is 0 Å². The highest BCUT2D eigenvalue weighted by Crippen LogP contribution is 2.26. The largest absolute Gasteiger partial charge is 0.321 e. The van der Waals surface area contributed by atoms with Gasteiger partial charge in [-0.3, -0.25) is 0 Å². The molecule has 0 saturated carbocycles. The molecular weight excluding hydrogens is 230 g/mol. The third-order valence-corrected chi connectivity index (χ3v) is 3.34. The molecule has 0 heterocycles. The van der Waals surface area contributed by atoms with E-state index in [-0.39, 0.29) is 0 Å². The van der Waals surface area contributed by atoms with Crippen molar-refractivity contribution in [1.82, 2.24) is 0 Å². The number of anilines is 1. The van der Waals surface area contributed by atoms with Gasteiger partial charge in [-0.25, -0.2) is 0 Å². The Morgan fingerprint density at radius 3 is 2.26 bits per heavy atom. The van der Waals surface area contributed by atoms with Gasteiger partial charge in [-0.15, -0.1) is 0 Å². The van der Waals surface area contributed by atoms with Crippen LogP contribution in [0.5, 0.6) is 0 Å². The zero-order chi connectivity index (χ0) is 14.6. The van der Waals surface area contributed by atoms with Gasteiger partial charge in [0, 0.05) is 17.6 Å². The SMILES string of the molecule is C=C(C)/C(C)=C/N(C(=C)C)c1ccc(CC)cc1C. The first kappa shape index (κ1) is 15.3. The molecule has 19 heavy (non-hydrogen) atoms. The molecule has 0 unspecified atom stereocenters. The summed E-state index contributed by atoms with van der Waals surface area (Å²) in [5, 5.41) is 0. The molecule has 0 radical (unpaired) electrons. The summed E-state index contributed by atoms with van der Waals surface area (Å²) in [7, 11) is 0. The van der Waals surface area contributed by atoms with Crippen LogP contribution < -0.4 is 4.90 Å². The summed E-state index contributed by atoms with van der Waals surface area (Å²) < 4.78 is 0. The lowest BCUT2D eigenvalue weighted by atomic mass is 10.1. The standard InChI is InChI=1S/C18H25N/c1-8-17-9-10-18(15(6)11-17)19(14(4)5)12-16(7)13(2)3/h9-12H,2,4,8H2,1,3,5-7H3/b16-12+. The van der Waals surface area contributed by atoms with Crippen molar-refractivity contribution in [2.45, 2.75) is 41.0 Å². The van der Waals surface area contributed by atoms with Gasteiger partial charge < -0.3 is 4.90 Å². The van der Waals surface area contributed by atoms with Gasteiger partial charge in [0.2, 0.25) is 0 Å². The summed E-state index contributed by atoms with van der Waals surface area (Å²) in [6.07, 6.45) is 3.17. The molecule has 0 aliphatic rings. The molecule has 1 heteroatoms. The first-order chi connectivity index (χ1) is 8.86. The van der Waals surface area contributed by atoms with E-state index in [2.05, 4.69) is 63.2 Å². The van der Waals surface area contributed by atoms with E-state index in [1.165, 1.54) is 22.4 Å². The molecule has 0 aliphatic carbocycles. The van der Waals surface area contributed by atoms with Gasteiger partial charge in [0.05, 0.1) is 0 Å². The lowest BCUT2D eigenvalue weighted by Crippen LogP contribution is -2.14. The predicted molar refractivity (Wildman–Crippen MR) is 86.4 cm³/mol. The Morgan fingerprint density at radius 1 is 1.21 bits per heavy atom. The van der Waals surface area contributed by atoms with E-state index in [0.717, 1.165) is 17.7 Å². The highest BCUT2D eigenvalue weighted by Gasteiger charge is 2.09. The fraction of sp³-hybridized carbons (Fsp3) is 0.333. The summed E-state index contributed by atoms with van der Waals surface area (Å²) in [6, 6.07) is 6.60. The van der Waals surface area contributed by atoms with Crippen LogP contribution >= 0.6 is 0 Å². The van der Waals surface area contributed by atoms with Gasteiger partial charge in [-0.2, -0.15) is 0 Å². The molecule has 0 atom stereocenters. The first-order valence-corrected chi connectivity index (χ1v) is 6.75. The molecule has 0 bridgehead atoms. The average Bonchev–Trinajstić information content (AvgIpc) is 2.35. The number of benzene rings is 1. The van der Waals surface area contributed by atoms with Gasteiger partial charge in [-0.05, 0) is 56.9 Å². The van der Waals surface area contributed by atoms with Gasteiger partial charge in [0.15, 0.2) is 0 Å². The Labute approximate surface area is 118 Å². The van der Waals surface area contributed by atoms with E-state index >= 15 is 0 Å². The zero-order valence-electron chi connectivity index (χ0n) is 12.9. The van der Waals surface area contributed by atoms with Crippen LogP contribution in [0, 0.1) is 6.92 Å². The smallest absolute Gasteiger partial charge is 0.0481 e. The highest BCUT2D eigenvalue weighted by molar-refractivity contribution is 5.61. The van der Waals surface area contributed by atoms with E-state index < -0.39 is 0 Å². The van der Waals surface area contributed by atoms with Crippen LogP contribution in [-0.4, -0.2) is 0 Å². The van der Waals surface area contributed by atoms with E-state index in [1.807, 2.05) is 13.8 Å². The van der Waals surface area contributed by atoms with Crippen LogP contribution in [0.25, 0.3) is 0 Å². The van der Waals surface area contributed by atoms with Crippen LogP contribution in [0.3, 0.4) is 0 Å². The minimum Gasteiger partial charge on any atom is -0.321 e.